The average molecular weight is 254 g/mol. The van der Waals surface area contributed by atoms with Crippen LogP contribution in [-0.2, 0) is 4.79 Å². The maximum absolute atomic E-state index is 11.2. The van der Waals surface area contributed by atoms with Crippen LogP contribution < -0.4 is 5.32 Å². The van der Waals surface area contributed by atoms with Crippen molar-refractivity contribution in [3.63, 3.8) is 0 Å². The lowest BCUT2D eigenvalue weighted by molar-refractivity contribution is -0.139. The molecule has 0 amide bonds. The van der Waals surface area contributed by atoms with Crippen LogP contribution in [0.2, 0.25) is 0 Å². The lowest BCUT2D eigenvalue weighted by Crippen LogP contribution is -2.43. The molecule has 0 bridgehead atoms. The summed E-state index contributed by atoms with van der Waals surface area (Å²) in [5.41, 5.74) is 0.467. The van der Waals surface area contributed by atoms with Crippen molar-refractivity contribution in [2.45, 2.75) is 58.0 Å². The van der Waals surface area contributed by atoms with Crippen LogP contribution in [0.3, 0.4) is 0 Å². The molecule has 1 aliphatic heterocycles. The number of piperidine rings is 1. The summed E-state index contributed by atoms with van der Waals surface area (Å²) < 4.78 is 0. The molecule has 1 heterocycles. The van der Waals surface area contributed by atoms with Crippen LogP contribution in [0.4, 0.5) is 0 Å². The van der Waals surface area contributed by atoms with Crippen LogP contribution >= 0.6 is 0 Å². The van der Waals surface area contributed by atoms with Gasteiger partial charge in [0.15, 0.2) is 0 Å². The molecule has 1 unspecified atom stereocenters. The first-order valence-corrected chi connectivity index (χ1v) is 7.17. The topological polar surface area (TPSA) is 52.6 Å². The van der Waals surface area contributed by atoms with Gasteiger partial charge in [0.2, 0.25) is 0 Å². The quantitative estimate of drug-likeness (QED) is 0.757. The van der Waals surface area contributed by atoms with Crippen LogP contribution in [0.5, 0.6) is 0 Å². The third kappa shape index (κ3) is 4.25. The molecule has 1 saturated carbocycles. The van der Waals surface area contributed by atoms with Crippen molar-refractivity contribution >= 4 is 5.97 Å². The van der Waals surface area contributed by atoms with Crippen molar-refractivity contribution in [2.24, 2.45) is 5.41 Å². The summed E-state index contributed by atoms with van der Waals surface area (Å²) in [4.78, 5) is 13.6. The molecule has 2 fully saturated rings. The summed E-state index contributed by atoms with van der Waals surface area (Å²) in [6.45, 7) is 7.77. The highest BCUT2D eigenvalue weighted by Gasteiger charge is 2.29. The third-order valence-electron chi connectivity index (χ3n) is 4.26. The number of nitrogens with one attached hydrogen (secondary N) is 1. The highest BCUT2D eigenvalue weighted by molar-refractivity contribution is 5.73. The Hall–Kier alpha value is -0.610. The average Bonchev–Trinajstić information content (AvgIpc) is 3.09. The lowest BCUT2D eigenvalue weighted by Gasteiger charge is -2.37. The van der Waals surface area contributed by atoms with E-state index in [1.807, 2.05) is 0 Å². The maximum Gasteiger partial charge on any atom is 0.320 e. The first kappa shape index (κ1) is 13.8. The monoisotopic (exact) mass is 254 g/mol. The molecule has 0 aromatic heterocycles. The normalized spacial score (nSPS) is 25.9. The van der Waals surface area contributed by atoms with Gasteiger partial charge < -0.3 is 15.3 Å². The number of nitrogens with zero attached hydrogens (tertiary/aromatic N) is 1. The Morgan fingerprint density at radius 3 is 2.50 bits per heavy atom. The molecule has 4 nitrogen and oxygen atoms in total. The fourth-order valence-electron chi connectivity index (χ4n) is 2.51. The van der Waals surface area contributed by atoms with Gasteiger partial charge in [-0.3, -0.25) is 4.79 Å². The van der Waals surface area contributed by atoms with E-state index >= 15 is 0 Å². The van der Waals surface area contributed by atoms with Crippen molar-refractivity contribution in [3.05, 3.63) is 0 Å². The van der Waals surface area contributed by atoms with E-state index in [9.17, 15) is 9.90 Å². The molecule has 2 rings (SSSR count). The summed E-state index contributed by atoms with van der Waals surface area (Å²) >= 11 is 0. The minimum atomic E-state index is -0.695. The Morgan fingerprint density at radius 2 is 2.00 bits per heavy atom. The van der Waals surface area contributed by atoms with Gasteiger partial charge in [-0.15, -0.1) is 0 Å². The number of carboxylic acids is 1. The fraction of sp³-hybridized carbons (Fsp3) is 0.929. The molecule has 2 aliphatic rings. The van der Waals surface area contributed by atoms with E-state index in [1.165, 1.54) is 12.8 Å². The van der Waals surface area contributed by atoms with Crippen molar-refractivity contribution in [3.8, 4) is 0 Å². The second kappa shape index (κ2) is 5.57. The molecular formula is C14H26N2O2. The predicted molar refractivity (Wildman–Crippen MR) is 71.7 cm³/mol. The zero-order valence-corrected chi connectivity index (χ0v) is 11.6. The van der Waals surface area contributed by atoms with Gasteiger partial charge in [0.1, 0.15) is 6.04 Å². The maximum atomic E-state index is 11.2. The Bertz CT molecular complexity index is 290. The van der Waals surface area contributed by atoms with Crippen molar-refractivity contribution in [1.29, 1.82) is 0 Å². The van der Waals surface area contributed by atoms with Crippen molar-refractivity contribution in [2.75, 3.05) is 19.6 Å². The van der Waals surface area contributed by atoms with Crippen molar-refractivity contribution < 1.29 is 9.90 Å². The number of likely N-dealkylation sites (tertiary alicyclic amines) is 1. The highest BCUT2D eigenvalue weighted by Crippen LogP contribution is 2.29. The largest absolute Gasteiger partial charge is 0.480 e. The molecule has 1 saturated heterocycles. The molecule has 1 aliphatic carbocycles. The van der Waals surface area contributed by atoms with Gasteiger partial charge in [-0.1, -0.05) is 13.8 Å². The van der Waals surface area contributed by atoms with E-state index < -0.39 is 5.97 Å². The highest BCUT2D eigenvalue weighted by atomic mass is 16.4. The standard InChI is InChI=1S/C14H26N2O2/c1-14(2)6-9-16(10-7-14)8-5-12(13(17)18)15-11-3-4-11/h11-12,15H,3-10H2,1-2H3,(H,17,18). The van der Waals surface area contributed by atoms with Gasteiger partial charge in [-0.25, -0.2) is 0 Å². The summed E-state index contributed by atoms with van der Waals surface area (Å²) in [5.74, 6) is -0.695. The molecule has 104 valence electrons. The zero-order valence-electron chi connectivity index (χ0n) is 11.6. The SMILES string of the molecule is CC1(C)CCN(CCC(NC2CC2)C(=O)O)CC1. The van der Waals surface area contributed by atoms with Gasteiger partial charge in [0, 0.05) is 12.6 Å². The van der Waals surface area contributed by atoms with Crippen LogP contribution in [0, 0.1) is 5.41 Å². The van der Waals surface area contributed by atoms with Gasteiger partial charge in [0.25, 0.3) is 0 Å². The molecule has 2 N–H and O–H groups in total. The van der Waals surface area contributed by atoms with E-state index in [4.69, 9.17) is 0 Å². The van der Waals surface area contributed by atoms with Gasteiger partial charge >= 0.3 is 5.97 Å². The Balaban J connectivity index is 1.70. The second-order valence-corrected chi connectivity index (χ2v) is 6.63. The first-order chi connectivity index (χ1) is 8.46. The Morgan fingerprint density at radius 1 is 1.39 bits per heavy atom. The van der Waals surface area contributed by atoms with E-state index in [0.717, 1.165) is 38.9 Å². The van der Waals surface area contributed by atoms with Crippen LogP contribution in [-0.4, -0.2) is 47.7 Å². The number of carboxylic acid groups (broad SMARTS) is 1. The van der Waals surface area contributed by atoms with Gasteiger partial charge in [-0.2, -0.15) is 0 Å². The summed E-state index contributed by atoms with van der Waals surface area (Å²) in [7, 11) is 0. The Labute approximate surface area is 110 Å². The molecule has 4 heteroatoms. The number of carbonyl (C=O) groups is 1. The van der Waals surface area contributed by atoms with Crippen LogP contribution in [0.15, 0.2) is 0 Å². The molecule has 18 heavy (non-hydrogen) atoms. The van der Waals surface area contributed by atoms with E-state index in [2.05, 4.69) is 24.1 Å². The molecular weight excluding hydrogens is 228 g/mol. The van der Waals surface area contributed by atoms with Gasteiger partial charge in [0.05, 0.1) is 0 Å². The van der Waals surface area contributed by atoms with Gasteiger partial charge in [-0.05, 0) is 50.6 Å². The molecule has 0 radical (unpaired) electrons. The zero-order chi connectivity index (χ0) is 13.2. The summed E-state index contributed by atoms with van der Waals surface area (Å²) in [5, 5.41) is 12.4. The fourth-order valence-corrected chi connectivity index (χ4v) is 2.51. The minimum Gasteiger partial charge on any atom is -0.480 e. The molecule has 0 aromatic carbocycles. The van der Waals surface area contributed by atoms with Crippen LogP contribution in [0.1, 0.15) is 46.0 Å². The molecule has 0 spiro atoms. The lowest BCUT2D eigenvalue weighted by atomic mass is 9.82. The van der Waals surface area contributed by atoms with Crippen molar-refractivity contribution in [1.82, 2.24) is 10.2 Å². The summed E-state index contributed by atoms with van der Waals surface area (Å²) in [6, 6.07) is 0.110. The third-order valence-corrected chi connectivity index (χ3v) is 4.26. The van der Waals surface area contributed by atoms with E-state index in [1.54, 1.807) is 0 Å². The van der Waals surface area contributed by atoms with E-state index in [0.29, 0.717) is 11.5 Å². The molecule has 1 atom stereocenters. The first-order valence-electron chi connectivity index (χ1n) is 7.17. The molecule has 0 aromatic rings. The minimum absolute atomic E-state index is 0.354. The number of hydrogen-bond donors (Lipinski definition) is 2. The van der Waals surface area contributed by atoms with Crippen LogP contribution in [0.25, 0.3) is 0 Å². The smallest absolute Gasteiger partial charge is 0.320 e. The summed E-state index contributed by atoms with van der Waals surface area (Å²) in [6.07, 6.45) is 5.46. The Kier molecular flexibility index (Phi) is 4.28. The number of aliphatic carboxylic acids is 1. The predicted octanol–water partition coefficient (Wildman–Crippen LogP) is 1.70. The number of rotatable bonds is 6. The number of hydrogen-bond acceptors (Lipinski definition) is 3. The second-order valence-electron chi connectivity index (χ2n) is 6.63. The van der Waals surface area contributed by atoms with E-state index in [-0.39, 0.29) is 6.04 Å².